The second kappa shape index (κ2) is 6.88. The number of anilines is 1. The summed E-state index contributed by atoms with van der Waals surface area (Å²) in [7, 11) is 1.27. The maximum atomic E-state index is 12.9. The number of methoxy groups -OCH3 is 1. The highest BCUT2D eigenvalue weighted by Crippen LogP contribution is 2.34. The highest BCUT2D eigenvalue weighted by Gasteiger charge is 2.42. The molecule has 2 aliphatic heterocycles. The van der Waals surface area contributed by atoms with Crippen LogP contribution in [0, 0.1) is 0 Å². The summed E-state index contributed by atoms with van der Waals surface area (Å²) >= 11 is 6.23. The number of carbonyl (C=O) groups excluding carboxylic acids is 3. The number of carbonyl (C=O) groups is 3. The molecule has 25 heavy (non-hydrogen) atoms. The summed E-state index contributed by atoms with van der Waals surface area (Å²) in [6.45, 7) is 2.72. The molecule has 1 aromatic rings. The number of likely N-dealkylation sites (tertiary alicyclic amines) is 1. The minimum atomic E-state index is -0.568. The van der Waals surface area contributed by atoms with Crippen LogP contribution in [-0.2, 0) is 14.3 Å². The molecule has 1 atom stereocenters. The Morgan fingerprint density at radius 1 is 1.24 bits per heavy atom. The van der Waals surface area contributed by atoms with Crippen LogP contribution < -0.4 is 4.90 Å². The lowest BCUT2D eigenvalue weighted by Gasteiger charge is -2.35. The molecule has 0 bridgehead atoms. The van der Waals surface area contributed by atoms with E-state index in [1.54, 1.807) is 18.2 Å². The van der Waals surface area contributed by atoms with Gasteiger partial charge in [0, 0.05) is 12.6 Å². The summed E-state index contributed by atoms with van der Waals surface area (Å²) < 4.78 is 4.69. The largest absolute Gasteiger partial charge is 0.465 e. The molecule has 0 aliphatic carbocycles. The first-order valence-electron chi connectivity index (χ1n) is 8.19. The van der Waals surface area contributed by atoms with Gasteiger partial charge in [0.15, 0.2) is 0 Å². The number of benzene rings is 1. The fourth-order valence-electron chi connectivity index (χ4n) is 3.30. The Balaban J connectivity index is 1.95. The molecule has 1 fully saturated rings. The van der Waals surface area contributed by atoms with Crippen molar-refractivity contribution in [2.24, 2.45) is 0 Å². The lowest BCUT2D eigenvalue weighted by atomic mass is 10.0. The predicted molar refractivity (Wildman–Crippen MR) is 93.2 cm³/mol. The molecule has 0 saturated carbocycles. The Hall–Kier alpha value is -2.34. The number of halogens is 1. The quantitative estimate of drug-likeness (QED) is 0.611. The zero-order chi connectivity index (χ0) is 18.1. The Kier molecular flexibility index (Phi) is 4.81. The second-order valence-electron chi connectivity index (χ2n) is 6.19. The van der Waals surface area contributed by atoms with Crippen LogP contribution in [0.5, 0.6) is 0 Å². The van der Waals surface area contributed by atoms with Crippen molar-refractivity contribution in [1.29, 1.82) is 0 Å². The van der Waals surface area contributed by atoms with Crippen LogP contribution in [0.1, 0.15) is 36.5 Å². The number of rotatable bonds is 3. The summed E-state index contributed by atoms with van der Waals surface area (Å²) in [5.74, 6) is -1.56. The highest BCUT2D eigenvalue weighted by molar-refractivity contribution is 6.52. The second-order valence-corrected chi connectivity index (χ2v) is 6.57. The maximum absolute atomic E-state index is 12.9. The summed E-state index contributed by atoms with van der Waals surface area (Å²) in [5.41, 5.74) is 0.814. The summed E-state index contributed by atoms with van der Waals surface area (Å²) in [4.78, 5) is 40.2. The number of ether oxygens (including phenoxy) is 1. The van der Waals surface area contributed by atoms with Gasteiger partial charge in [-0.2, -0.15) is 0 Å². The summed E-state index contributed by atoms with van der Waals surface area (Å²) in [6.07, 6.45) is 3.00. The normalized spacial score (nSPS) is 21.2. The van der Waals surface area contributed by atoms with Crippen LogP contribution in [0.3, 0.4) is 0 Å². The van der Waals surface area contributed by atoms with Gasteiger partial charge >= 0.3 is 5.97 Å². The average Bonchev–Trinajstić information content (AvgIpc) is 2.84. The number of esters is 1. The van der Waals surface area contributed by atoms with E-state index >= 15 is 0 Å². The molecule has 2 amide bonds. The van der Waals surface area contributed by atoms with E-state index in [4.69, 9.17) is 11.6 Å². The van der Waals surface area contributed by atoms with Crippen molar-refractivity contribution in [3.8, 4) is 0 Å². The molecule has 7 heteroatoms. The monoisotopic (exact) mass is 362 g/mol. The SMILES string of the molecule is COC(=O)c1cccc(N2C(=O)C(Cl)=C(N3CCCCC3C)C2=O)c1. The van der Waals surface area contributed by atoms with Crippen LogP contribution >= 0.6 is 11.6 Å². The van der Waals surface area contributed by atoms with Crippen LogP contribution in [-0.4, -0.2) is 42.4 Å². The van der Waals surface area contributed by atoms with E-state index in [1.165, 1.54) is 13.2 Å². The molecule has 3 rings (SSSR count). The van der Waals surface area contributed by atoms with E-state index in [0.717, 1.165) is 24.2 Å². The molecule has 0 spiro atoms. The zero-order valence-electron chi connectivity index (χ0n) is 14.1. The first-order valence-corrected chi connectivity index (χ1v) is 8.57. The van der Waals surface area contributed by atoms with Crippen LogP contribution in [0.25, 0.3) is 0 Å². The minimum Gasteiger partial charge on any atom is -0.465 e. The van der Waals surface area contributed by atoms with Crippen molar-refractivity contribution in [1.82, 2.24) is 4.90 Å². The van der Waals surface area contributed by atoms with E-state index in [-0.39, 0.29) is 22.3 Å². The molecule has 0 N–H and O–H groups in total. The molecule has 1 unspecified atom stereocenters. The Bertz CT molecular complexity index is 774. The minimum absolute atomic E-state index is 0.0674. The highest BCUT2D eigenvalue weighted by atomic mass is 35.5. The number of nitrogens with zero attached hydrogens (tertiary/aromatic N) is 2. The third kappa shape index (κ3) is 3.02. The van der Waals surface area contributed by atoms with Gasteiger partial charge in [0.2, 0.25) is 0 Å². The number of hydrogen-bond donors (Lipinski definition) is 0. The van der Waals surface area contributed by atoms with E-state index in [2.05, 4.69) is 4.74 Å². The topological polar surface area (TPSA) is 66.9 Å². The third-order valence-corrected chi connectivity index (χ3v) is 4.96. The summed E-state index contributed by atoms with van der Waals surface area (Å²) in [6, 6.07) is 6.35. The Labute approximate surface area is 151 Å². The third-order valence-electron chi connectivity index (χ3n) is 4.62. The number of hydrogen-bond acceptors (Lipinski definition) is 5. The summed E-state index contributed by atoms with van der Waals surface area (Å²) in [5, 5.41) is -0.0674. The van der Waals surface area contributed by atoms with E-state index < -0.39 is 17.8 Å². The van der Waals surface area contributed by atoms with Gasteiger partial charge in [-0.1, -0.05) is 17.7 Å². The molecule has 1 saturated heterocycles. The van der Waals surface area contributed by atoms with Gasteiger partial charge < -0.3 is 9.64 Å². The van der Waals surface area contributed by atoms with Gasteiger partial charge in [-0.05, 0) is 44.4 Å². The first-order chi connectivity index (χ1) is 12.0. The molecule has 0 radical (unpaired) electrons. The van der Waals surface area contributed by atoms with Crippen molar-refractivity contribution in [3.63, 3.8) is 0 Å². The number of amides is 2. The van der Waals surface area contributed by atoms with Crippen LogP contribution in [0.2, 0.25) is 0 Å². The molecule has 2 heterocycles. The lowest BCUT2D eigenvalue weighted by molar-refractivity contribution is -0.121. The molecule has 2 aliphatic rings. The van der Waals surface area contributed by atoms with Gasteiger partial charge in [-0.3, -0.25) is 9.59 Å². The molecule has 132 valence electrons. The van der Waals surface area contributed by atoms with Gasteiger partial charge in [0.1, 0.15) is 10.7 Å². The van der Waals surface area contributed by atoms with Crippen molar-refractivity contribution >= 4 is 35.1 Å². The van der Waals surface area contributed by atoms with Crippen molar-refractivity contribution in [2.45, 2.75) is 32.2 Å². The van der Waals surface area contributed by atoms with Gasteiger partial charge in [0.05, 0.1) is 18.4 Å². The molecular weight excluding hydrogens is 344 g/mol. The number of piperidine rings is 1. The van der Waals surface area contributed by atoms with Crippen molar-refractivity contribution in [2.75, 3.05) is 18.6 Å². The molecular formula is C18H19ClN2O4. The zero-order valence-corrected chi connectivity index (χ0v) is 14.9. The van der Waals surface area contributed by atoms with Crippen molar-refractivity contribution in [3.05, 3.63) is 40.6 Å². The van der Waals surface area contributed by atoms with E-state index in [1.807, 2.05) is 11.8 Å². The molecule has 1 aromatic carbocycles. The molecule has 6 nitrogen and oxygen atoms in total. The fraction of sp³-hybridized carbons (Fsp3) is 0.389. The van der Waals surface area contributed by atoms with Crippen LogP contribution in [0.4, 0.5) is 5.69 Å². The number of imide groups is 1. The van der Waals surface area contributed by atoms with E-state index in [0.29, 0.717) is 12.2 Å². The average molecular weight is 363 g/mol. The maximum Gasteiger partial charge on any atom is 0.337 e. The standard InChI is InChI=1S/C18H19ClN2O4/c1-11-6-3-4-9-20(11)15-14(19)16(22)21(17(15)23)13-8-5-7-12(10-13)18(24)25-2/h5,7-8,10-11H,3-4,6,9H2,1-2H3. The Morgan fingerprint density at radius 3 is 2.68 bits per heavy atom. The first kappa shape index (κ1) is 17.5. The van der Waals surface area contributed by atoms with E-state index in [9.17, 15) is 14.4 Å². The van der Waals surface area contributed by atoms with Gasteiger partial charge in [0.25, 0.3) is 11.8 Å². The smallest absolute Gasteiger partial charge is 0.337 e. The fourth-order valence-corrected chi connectivity index (χ4v) is 3.57. The lowest BCUT2D eigenvalue weighted by Crippen LogP contribution is -2.41. The molecule has 0 aromatic heterocycles. The van der Waals surface area contributed by atoms with Crippen molar-refractivity contribution < 1.29 is 19.1 Å². The van der Waals surface area contributed by atoms with Gasteiger partial charge in [-0.15, -0.1) is 0 Å². The van der Waals surface area contributed by atoms with Crippen LogP contribution in [0.15, 0.2) is 35.0 Å². The predicted octanol–water partition coefficient (Wildman–Crippen LogP) is 2.67. The van der Waals surface area contributed by atoms with Gasteiger partial charge in [-0.25, -0.2) is 9.69 Å². The Morgan fingerprint density at radius 2 is 2.00 bits per heavy atom.